The summed E-state index contributed by atoms with van der Waals surface area (Å²) in [6.07, 6.45) is 7.19. The lowest BCUT2D eigenvalue weighted by Crippen LogP contribution is -2.28. The second-order valence-corrected chi connectivity index (χ2v) is 7.76. The van der Waals surface area contributed by atoms with Gasteiger partial charge in [0, 0.05) is 36.2 Å². The molecule has 4 rings (SSSR count). The molecule has 5 heteroatoms. The van der Waals surface area contributed by atoms with Gasteiger partial charge in [0.05, 0.1) is 6.04 Å². The van der Waals surface area contributed by atoms with Crippen molar-refractivity contribution in [2.75, 3.05) is 18.0 Å². The lowest BCUT2D eigenvalue weighted by Gasteiger charge is -2.22. The number of carbonyl (C=O) groups excluding carboxylic acids is 2. The molecule has 1 aromatic heterocycles. The van der Waals surface area contributed by atoms with Crippen LogP contribution >= 0.6 is 11.3 Å². The predicted molar refractivity (Wildman–Crippen MR) is 105 cm³/mol. The van der Waals surface area contributed by atoms with Crippen molar-refractivity contribution in [2.45, 2.75) is 31.7 Å². The van der Waals surface area contributed by atoms with Crippen LogP contribution in [0.3, 0.4) is 0 Å². The smallest absolute Gasteiger partial charge is 0.247 e. The fourth-order valence-electron chi connectivity index (χ4n) is 3.76. The summed E-state index contributed by atoms with van der Waals surface area (Å²) in [4.78, 5) is 29.5. The Kier molecular flexibility index (Phi) is 4.89. The van der Waals surface area contributed by atoms with Crippen LogP contribution in [0.4, 0.5) is 5.69 Å². The second kappa shape index (κ2) is 7.46. The molecule has 0 bridgehead atoms. The highest BCUT2D eigenvalue weighted by Gasteiger charge is 2.29. The van der Waals surface area contributed by atoms with Gasteiger partial charge in [-0.25, -0.2) is 0 Å². The number of nitrogens with zero attached hydrogens (tertiary/aromatic N) is 2. The Labute approximate surface area is 157 Å². The predicted octanol–water partition coefficient (Wildman–Crippen LogP) is 4.25. The van der Waals surface area contributed by atoms with Gasteiger partial charge in [0.1, 0.15) is 0 Å². The summed E-state index contributed by atoms with van der Waals surface area (Å²) in [5, 5.41) is 2.07. The zero-order valence-electron chi connectivity index (χ0n) is 14.6. The number of carbonyl (C=O) groups is 2. The standard InChI is InChI=1S/C21H22N2O2S/c24-20-6-2-13-22(20)17-10-7-16(8-11-17)9-12-21(25)23-14-1-4-18(23)19-5-3-15-26-19/h3,5,7-12,15,18H,1-2,4,6,13-14H2/b12-9+. The van der Waals surface area contributed by atoms with Gasteiger partial charge < -0.3 is 9.80 Å². The van der Waals surface area contributed by atoms with Crippen molar-refractivity contribution in [3.05, 3.63) is 58.3 Å². The molecule has 2 aliphatic rings. The summed E-state index contributed by atoms with van der Waals surface area (Å²) in [6.45, 7) is 1.62. The van der Waals surface area contributed by atoms with Gasteiger partial charge in [0.2, 0.25) is 11.8 Å². The normalized spacial score (nSPS) is 20.5. The van der Waals surface area contributed by atoms with Crippen LogP contribution in [0, 0.1) is 0 Å². The molecule has 2 saturated heterocycles. The molecule has 0 radical (unpaired) electrons. The average molecular weight is 366 g/mol. The average Bonchev–Trinajstić information content (AvgIpc) is 3.40. The summed E-state index contributed by atoms with van der Waals surface area (Å²) >= 11 is 1.72. The summed E-state index contributed by atoms with van der Waals surface area (Å²) < 4.78 is 0. The summed E-state index contributed by atoms with van der Waals surface area (Å²) in [6, 6.07) is 12.2. The zero-order valence-corrected chi connectivity index (χ0v) is 15.5. The van der Waals surface area contributed by atoms with Gasteiger partial charge in [-0.2, -0.15) is 0 Å². The molecule has 3 heterocycles. The van der Waals surface area contributed by atoms with Crippen LogP contribution in [-0.4, -0.2) is 29.8 Å². The monoisotopic (exact) mass is 366 g/mol. The van der Waals surface area contributed by atoms with Crippen molar-refractivity contribution in [1.29, 1.82) is 0 Å². The van der Waals surface area contributed by atoms with E-state index in [2.05, 4.69) is 11.4 Å². The topological polar surface area (TPSA) is 40.6 Å². The number of thiophene rings is 1. The molecule has 2 amide bonds. The first-order chi connectivity index (χ1) is 12.7. The first kappa shape index (κ1) is 17.0. The Balaban J connectivity index is 1.42. The Morgan fingerprint density at radius 3 is 2.65 bits per heavy atom. The van der Waals surface area contributed by atoms with E-state index < -0.39 is 0 Å². The first-order valence-corrected chi connectivity index (χ1v) is 10.0. The quantitative estimate of drug-likeness (QED) is 0.759. The molecule has 2 aliphatic heterocycles. The second-order valence-electron chi connectivity index (χ2n) is 6.78. The molecular formula is C21H22N2O2S. The van der Waals surface area contributed by atoms with E-state index in [1.807, 2.05) is 46.2 Å². The van der Waals surface area contributed by atoms with Crippen molar-refractivity contribution in [3.63, 3.8) is 0 Å². The van der Waals surface area contributed by atoms with Gasteiger partial charge in [-0.3, -0.25) is 9.59 Å². The lowest BCUT2D eigenvalue weighted by atomic mass is 10.1. The highest BCUT2D eigenvalue weighted by Crippen LogP contribution is 2.34. The van der Waals surface area contributed by atoms with Crippen LogP contribution in [0.1, 0.15) is 42.2 Å². The Hall–Kier alpha value is -2.40. The number of hydrogen-bond donors (Lipinski definition) is 0. The highest BCUT2D eigenvalue weighted by molar-refractivity contribution is 7.10. The fraction of sp³-hybridized carbons (Fsp3) is 0.333. The summed E-state index contributed by atoms with van der Waals surface area (Å²) in [5.41, 5.74) is 1.91. The number of rotatable bonds is 4. The minimum absolute atomic E-state index is 0.0692. The van der Waals surface area contributed by atoms with Gasteiger partial charge in [0.15, 0.2) is 0 Å². The van der Waals surface area contributed by atoms with E-state index in [0.717, 1.165) is 43.6 Å². The van der Waals surface area contributed by atoms with Gasteiger partial charge >= 0.3 is 0 Å². The number of likely N-dealkylation sites (tertiary alicyclic amines) is 1. The van der Waals surface area contributed by atoms with E-state index in [0.29, 0.717) is 6.42 Å². The maximum Gasteiger partial charge on any atom is 0.247 e. The third kappa shape index (κ3) is 3.44. The van der Waals surface area contributed by atoms with Gasteiger partial charge in [-0.15, -0.1) is 11.3 Å². The number of amides is 2. The first-order valence-electron chi connectivity index (χ1n) is 9.15. The zero-order chi connectivity index (χ0) is 17.9. The highest BCUT2D eigenvalue weighted by atomic mass is 32.1. The lowest BCUT2D eigenvalue weighted by molar-refractivity contribution is -0.126. The van der Waals surface area contributed by atoms with Crippen LogP contribution in [0.5, 0.6) is 0 Å². The molecule has 0 spiro atoms. The Morgan fingerprint density at radius 1 is 1.12 bits per heavy atom. The van der Waals surface area contributed by atoms with Crippen LogP contribution in [0.15, 0.2) is 47.9 Å². The molecular weight excluding hydrogens is 344 g/mol. The minimum Gasteiger partial charge on any atom is -0.331 e. The minimum atomic E-state index is 0.0692. The molecule has 1 unspecified atom stereocenters. The largest absolute Gasteiger partial charge is 0.331 e. The number of anilines is 1. The van der Waals surface area contributed by atoms with Gasteiger partial charge in [-0.1, -0.05) is 18.2 Å². The van der Waals surface area contributed by atoms with Gasteiger partial charge in [-0.05, 0) is 54.5 Å². The third-order valence-electron chi connectivity index (χ3n) is 5.10. The Morgan fingerprint density at radius 2 is 1.96 bits per heavy atom. The number of hydrogen-bond acceptors (Lipinski definition) is 3. The van der Waals surface area contributed by atoms with Crippen LogP contribution in [0.2, 0.25) is 0 Å². The molecule has 0 N–H and O–H groups in total. The third-order valence-corrected chi connectivity index (χ3v) is 6.08. The molecule has 1 aromatic carbocycles. The van der Waals surface area contributed by atoms with Crippen molar-refractivity contribution in [2.24, 2.45) is 0 Å². The summed E-state index contributed by atoms with van der Waals surface area (Å²) in [5.74, 6) is 0.261. The van der Waals surface area contributed by atoms with E-state index in [4.69, 9.17) is 0 Å². The van der Waals surface area contributed by atoms with E-state index in [9.17, 15) is 9.59 Å². The van der Waals surface area contributed by atoms with Crippen LogP contribution in [0.25, 0.3) is 6.08 Å². The molecule has 1 atom stereocenters. The van der Waals surface area contributed by atoms with Crippen molar-refractivity contribution in [1.82, 2.24) is 4.90 Å². The van der Waals surface area contributed by atoms with Crippen molar-refractivity contribution in [3.8, 4) is 0 Å². The SMILES string of the molecule is O=C1CCCN1c1ccc(/C=C/C(=O)N2CCCC2c2cccs2)cc1. The van der Waals surface area contributed by atoms with E-state index in [1.165, 1.54) is 4.88 Å². The molecule has 26 heavy (non-hydrogen) atoms. The number of benzene rings is 1. The van der Waals surface area contributed by atoms with Gasteiger partial charge in [0.25, 0.3) is 0 Å². The van der Waals surface area contributed by atoms with E-state index >= 15 is 0 Å². The fourth-order valence-corrected chi connectivity index (χ4v) is 4.63. The van der Waals surface area contributed by atoms with E-state index in [1.54, 1.807) is 17.4 Å². The van der Waals surface area contributed by atoms with Crippen LogP contribution in [-0.2, 0) is 9.59 Å². The Bertz CT molecular complexity index is 811. The van der Waals surface area contributed by atoms with Crippen LogP contribution < -0.4 is 4.90 Å². The molecule has 0 saturated carbocycles. The maximum atomic E-state index is 12.6. The molecule has 4 nitrogen and oxygen atoms in total. The van der Waals surface area contributed by atoms with Crippen molar-refractivity contribution < 1.29 is 9.59 Å². The molecule has 134 valence electrons. The molecule has 0 aliphatic carbocycles. The molecule has 2 fully saturated rings. The summed E-state index contributed by atoms with van der Waals surface area (Å²) in [7, 11) is 0. The van der Waals surface area contributed by atoms with E-state index in [-0.39, 0.29) is 17.9 Å². The van der Waals surface area contributed by atoms with Crippen molar-refractivity contribution >= 4 is 34.9 Å². The molecule has 2 aromatic rings. The maximum absolute atomic E-state index is 12.6.